The summed E-state index contributed by atoms with van der Waals surface area (Å²) in [5, 5.41) is 3.98. The SMILES string of the molecule is C/C(=N/NC(=O)COc1ccc(-c2ccccc2)cc1)c1ccco1. The zero-order valence-corrected chi connectivity index (χ0v) is 13.8. The minimum atomic E-state index is -0.335. The van der Waals surface area contributed by atoms with Crippen molar-refractivity contribution in [3.8, 4) is 16.9 Å². The Balaban J connectivity index is 1.51. The number of hydrogen-bond acceptors (Lipinski definition) is 4. The molecule has 126 valence electrons. The number of benzene rings is 2. The molecule has 5 heteroatoms. The van der Waals surface area contributed by atoms with E-state index >= 15 is 0 Å². The molecule has 0 aliphatic carbocycles. The van der Waals surface area contributed by atoms with E-state index in [0.29, 0.717) is 17.2 Å². The van der Waals surface area contributed by atoms with Crippen LogP contribution >= 0.6 is 0 Å². The number of rotatable bonds is 6. The fraction of sp³-hybridized carbons (Fsp3) is 0.100. The van der Waals surface area contributed by atoms with Gasteiger partial charge in [-0.05, 0) is 42.3 Å². The minimum Gasteiger partial charge on any atom is -0.484 e. The van der Waals surface area contributed by atoms with Crippen molar-refractivity contribution in [2.75, 3.05) is 6.61 Å². The standard InChI is InChI=1S/C20H18N2O3/c1-15(19-8-5-13-24-19)21-22-20(23)14-25-18-11-9-17(10-12-18)16-6-3-2-4-7-16/h2-13H,14H2,1H3,(H,22,23)/b21-15-. The minimum absolute atomic E-state index is 0.111. The summed E-state index contributed by atoms with van der Waals surface area (Å²) in [7, 11) is 0. The molecule has 25 heavy (non-hydrogen) atoms. The van der Waals surface area contributed by atoms with Gasteiger partial charge in [0.05, 0.1) is 6.26 Å². The third-order valence-corrected chi connectivity index (χ3v) is 3.56. The van der Waals surface area contributed by atoms with Gasteiger partial charge in [0, 0.05) is 0 Å². The monoisotopic (exact) mass is 334 g/mol. The lowest BCUT2D eigenvalue weighted by Crippen LogP contribution is -2.25. The Morgan fingerprint density at radius 3 is 2.40 bits per heavy atom. The van der Waals surface area contributed by atoms with Gasteiger partial charge in [-0.15, -0.1) is 0 Å². The van der Waals surface area contributed by atoms with Gasteiger partial charge in [-0.2, -0.15) is 5.10 Å². The molecule has 0 unspecified atom stereocenters. The maximum absolute atomic E-state index is 11.8. The number of furan rings is 1. The number of nitrogens with zero attached hydrogens (tertiary/aromatic N) is 1. The highest BCUT2D eigenvalue weighted by Crippen LogP contribution is 2.21. The molecule has 0 saturated heterocycles. The first kappa shape index (κ1) is 16.5. The Morgan fingerprint density at radius 2 is 1.72 bits per heavy atom. The molecule has 1 aromatic heterocycles. The fourth-order valence-electron chi connectivity index (χ4n) is 2.24. The molecule has 2 aromatic carbocycles. The summed E-state index contributed by atoms with van der Waals surface area (Å²) < 4.78 is 10.7. The number of hydrogen-bond donors (Lipinski definition) is 1. The topological polar surface area (TPSA) is 63.8 Å². The number of amides is 1. The van der Waals surface area contributed by atoms with Crippen molar-refractivity contribution in [3.63, 3.8) is 0 Å². The molecule has 3 rings (SSSR count). The van der Waals surface area contributed by atoms with Crippen molar-refractivity contribution in [1.29, 1.82) is 0 Å². The van der Waals surface area contributed by atoms with Crippen LogP contribution in [0.25, 0.3) is 11.1 Å². The normalized spacial score (nSPS) is 11.2. The Bertz CT molecular complexity index is 838. The van der Waals surface area contributed by atoms with Gasteiger partial charge in [0.25, 0.3) is 5.91 Å². The lowest BCUT2D eigenvalue weighted by molar-refractivity contribution is -0.123. The van der Waals surface area contributed by atoms with E-state index in [1.165, 1.54) is 0 Å². The van der Waals surface area contributed by atoms with E-state index in [9.17, 15) is 4.79 Å². The first-order valence-electron chi connectivity index (χ1n) is 7.87. The van der Waals surface area contributed by atoms with E-state index in [2.05, 4.69) is 10.5 Å². The Labute approximate surface area is 145 Å². The number of hydrazone groups is 1. The molecule has 0 spiro atoms. The Hall–Kier alpha value is -3.34. The zero-order chi connectivity index (χ0) is 17.5. The van der Waals surface area contributed by atoms with Gasteiger partial charge >= 0.3 is 0 Å². The lowest BCUT2D eigenvalue weighted by Gasteiger charge is -2.07. The van der Waals surface area contributed by atoms with E-state index in [-0.39, 0.29) is 12.5 Å². The molecule has 0 radical (unpaired) electrons. The first-order valence-corrected chi connectivity index (χ1v) is 7.87. The molecular weight excluding hydrogens is 316 g/mol. The van der Waals surface area contributed by atoms with Crippen LogP contribution in [0.15, 0.2) is 82.5 Å². The molecule has 0 saturated carbocycles. The summed E-state index contributed by atoms with van der Waals surface area (Å²) in [6.45, 7) is 1.64. The average Bonchev–Trinajstić information content (AvgIpc) is 3.20. The average molecular weight is 334 g/mol. The molecule has 0 atom stereocenters. The van der Waals surface area contributed by atoms with Crippen molar-refractivity contribution in [1.82, 2.24) is 5.43 Å². The third-order valence-electron chi connectivity index (χ3n) is 3.56. The van der Waals surface area contributed by atoms with Crippen molar-refractivity contribution in [3.05, 3.63) is 78.8 Å². The van der Waals surface area contributed by atoms with Crippen LogP contribution in [0.4, 0.5) is 0 Å². The highest BCUT2D eigenvalue weighted by molar-refractivity contribution is 5.96. The number of ether oxygens (including phenoxy) is 1. The lowest BCUT2D eigenvalue weighted by atomic mass is 10.1. The maximum Gasteiger partial charge on any atom is 0.277 e. The number of nitrogens with one attached hydrogen (secondary N) is 1. The summed E-state index contributed by atoms with van der Waals surface area (Å²) in [5.74, 6) is 0.900. The van der Waals surface area contributed by atoms with Gasteiger partial charge in [0.15, 0.2) is 6.61 Å². The van der Waals surface area contributed by atoms with Crippen LogP contribution in [0, 0.1) is 0 Å². The second-order valence-corrected chi connectivity index (χ2v) is 5.39. The van der Waals surface area contributed by atoms with Gasteiger partial charge in [0.2, 0.25) is 0 Å². The van der Waals surface area contributed by atoms with Gasteiger partial charge in [-0.3, -0.25) is 4.79 Å². The molecule has 5 nitrogen and oxygen atoms in total. The van der Waals surface area contributed by atoms with Crippen LogP contribution in [0.3, 0.4) is 0 Å². The molecule has 1 heterocycles. The van der Waals surface area contributed by atoms with Crippen LogP contribution in [0.5, 0.6) is 5.75 Å². The third kappa shape index (κ3) is 4.57. The fourth-order valence-corrected chi connectivity index (χ4v) is 2.24. The quantitative estimate of drug-likeness (QED) is 0.550. The number of carbonyl (C=O) groups is 1. The van der Waals surface area contributed by atoms with Crippen LogP contribution in [-0.4, -0.2) is 18.2 Å². The van der Waals surface area contributed by atoms with Crippen LogP contribution in [0.1, 0.15) is 12.7 Å². The summed E-state index contributed by atoms with van der Waals surface area (Å²) >= 11 is 0. The van der Waals surface area contributed by atoms with Gasteiger partial charge in [0.1, 0.15) is 17.2 Å². The van der Waals surface area contributed by atoms with Gasteiger partial charge in [-0.25, -0.2) is 5.43 Å². The summed E-state index contributed by atoms with van der Waals surface area (Å²) in [4.78, 5) is 11.8. The number of carbonyl (C=O) groups excluding carboxylic acids is 1. The highest BCUT2D eigenvalue weighted by Gasteiger charge is 2.04. The molecule has 0 bridgehead atoms. The Kier molecular flexibility index (Phi) is 5.26. The highest BCUT2D eigenvalue weighted by atomic mass is 16.5. The summed E-state index contributed by atoms with van der Waals surface area (Å²) in [6.07, 6.45) is 1.55. The molecule has 0 aliphatic heterocycles. The van der Waals surface area contributed by atoms with Crippen LogP contribution in [0.2, 0.25) is 0 Å². The van der Waals surface area contributed by atoms with E-state index < -0.39 is 0 Å². The molecule has 0 fully saturated rings. The predicted molar refractivity (Wildman–Crippen MR) is 96.4 cm³/mol. The Morgan fingerprint density at radius 1 is 1.00 bits per heavy atom. The molecule has 1 amide bonds. The molecule has 3 aromatic rings. The summed E-state index contributed by atoms with van der Waals surface area (Å²) in [6, 6.07) is 21.2. The smallest absolute Gasteiger partial charge is 0.277 e. The zero-order valence-electron chi connectivity index (χ0n) is 13.8. The van der Waals surface area contributed by atoms with Crippen molar-refractivity contribution in [2.24, 2.45) is 5.10 Å². The van der Waals surface area contributed by atoms with Crippen LogP contribution < -0.4 is 10.2 Å². The largest absolute Gasteiger partial charge is 0.484 e. The van der Waals surface area contributed by atoms with Crippen molar-refractivity contribution >= 4 is 11.6 Å². The molecule has 1 N–H and O–H groups in total. The summed E-state index contributed by atoms with van der Waals surface area (Å²) in [5.41, 5.74) is 5.26. The van der Waals surface area contributed by atoms with Gasteiger partial charge < -0.3 is 9.15 Å². The maximum atomic E-state index is 11.8. The van der Waals surface area contributed by atoms with Gasteiger partial charge in [-0.1, -0.05) is 42.5 Å². The van der Waals surface area contributed by atoms with Crippen molar-refractivity contribution < 1.29 is 13.9 Å². The van der Waals surface area contributed by atoms with Crippen LogP contribution in [-0.2, 0) is 4.79 Å². The molecular formula is C20H18N2O3. The molecule has 0 aliphatic rings. The first-order chi connectivity index (χ1) is 12.2. The predicted octanol–water partition coefficient (Wildman–Crippen LogP) is 3.87. The van der Waals surface area contributed by atoms with E-state index in [0.717, 1.165) is 11.1 Å². The van der Waals surface area contributed by atoms with E-state index in [4.69, 9.17) is 9.15 Å². The van der Waals surface area contributed by atoms with E-state index in [1.807, 2.05) is 54.6 Å². The second kappa shape index (κ2) is 7.97. The van der Waals surface area contributed by atoms with Crippen molar-refractivity contribution in [2.45, 2.75) is 6.92 Å². The second-order valence-electron chi connectivity index (χ2n) is 5.39. The van der Waals surface area contributed by atoms with E-state index in [1.54, 1.807) is 25.3 Å².